The molecule has 0 aliphatic carbocycles. The fraction of sp³-hybridized carbons (Fsp3) is 0.222. The predicted molar refractivity (Wildman–Crippen MR) is 94.9 cm³/mol. The third-order valence-corrected chi connectivity index (χ3v) is 3.95. The van der Waals surface area contributed by atoms with Crippen LogP contribution in [0.25, 0.3) is 0 Å². The smallest absolute Gasteiger partial charge is 0.273 e. The summed E-state index contributed by atoms with van der Waals surface area (Å²) < 4.78 is 11.0. The van der Waals surface area contributed by atoms with Crippen molar-refractivity contribution >= 4 is 17.3 Å². The van der Waals surface area contributed by atoms with E-state index in [2.05, 4.69) is 10.5 Å². The minimum Gasteiger partial charge on any atom is -0.486 e. The Hall–Kier alpha value is -3.42. The number of carbonyl (C=O) groups excluding carboxylic acids is 1. The molecule has 26 heavy (non-hydrogen) atoms. The summed E-state index contributed by atoms with van der Waals surface area (Å²) in [5.74, 6) is 0.776. The van der Waals surface area contributed by atoms with Crippen LogP contribution in [0.3, 0.4) is 0 Å². The summed E-state index contributed by atoms with van der Waals surface area (Å²) >= 11 is 0. The Morgan fingerprint density at radius 2 is 1.81 bits per heavy atom. The molecule has 0 unspecified atom stereocenters. The van der Waals surface area contributed by atoms with E-state index in [1.807, 2.05) is 6.07 Å². The minimum atomic E-state index is -0.523. The number of fused-ring (bicyclic) bond motifs is 1. The van der Waals surface area contributed by atoms with Crippen LogP contribution in [0.15, 0.2) is 41.5 Å². The lowest BCUT2D eigenvalue weighted by Crippen LogP contribution is -2.20. The number of aryl methyl sites for hydroxylation is 1. The molecular weight excluding hydrogens is 338 g/mol. The van der Waals surface area contributed by atoms with E-state index in [-0.39, 0.29) is 11.3 Å². The Labute approximate surface area is 149 Å². The highest BCUT2D eigenvalue weighted by atomic mass is 16.6. The maximum absolute atomic E-state index is 12.2. The Balaban J connectivity index is 1.75. The summed E-state index contributed by atoms with van der Waals surface area (Å²) in [5.41, 5.74) is 4.30. The topological polar surface area (TPSA) is 103 Å². The van der Waals surface area contributed by atoms with E-state index in [0.29, 0.717) is 36.0 Å². The summed E-state index contributed by atoms with van der Waals surface area (Å²) in [6.45, 7) is 4.35. The van der Waals surface area contributed by atoms with Gasteiger partial charge in [0.25, 0.3) is 11.6 Å². The molecule has 134 valence electrons. The zero-order valence-electron chi connectivity index (χ0n) is 14.3. The molecule has 0 saturated carbocycles. The van der Waals surface area contributed by atoms with Crippen molar-refractivity contribution < 1.29 is 19.2 Å². The zero-order valence-corrected chi connectivity index (χ0v) is 14.3. The molecular formula is C18H17N3O5. The Bertz CT molecular complexity index is 908. The number of hydrogen-bond acceptors (Lipinski definition) is 6. The van der Waals surface area contributed by atoms with E-state index in [9.17, 15) is 14.9 Å². The molecule has 2 aromatic rings. The van der Waals surface area contributed by atoms with Gasteiger partial charge in [0, 0.05) is 22.8 Å². The molecule has 0 aromatic heterocycles. The Morgan fingerprint density at radius 3 is 2.54 bits per heavy atom. The van der Waals surface area contributed by atoms with Crippen molar-refractivity contribution in [1.29, 1.82) is 0 Å². The predicted octanol–water partition coefficient (Wildman–Crippen LogP) is 2.83. The molecule has 8 nitrogen and oxygen atoms in total. The van der Waals surface area contributed by atoms with Gasteiger partial charge < -0.3 is 9.47 Å². The summed E-state index contributed by atoms with van der Waals surface area (Å²) in [4.78, 5) is 22.7. The van der Waals surface area contributed by atoms with Gasteiger partial charge in [-0.05, 0) is 38.1 Å². The highest BCUT2D eigenvalue weighted by Crippen LogP contribution is 2.30. The van der Waals surface area contributed by atoms with E-state index in [1.165, 1.54) is 18.2 Å². The van der Waals surface area contributed by atoms with Gasteiger partial charge in [0.1, 0.15) is 13.2 Å². The number of benzene rings is 2. The molecule has 0 atom stereocenters. The molecule has 1 N–H and O–H groups in total. The van der Waals surface area contributed by atoms with Crippen LogP contribution in [0.1, 0.15) is 28.4 Å². The van der Waals surface area contributed by atoms with Crippen molar-refractivity contribution in [3.8, 4) is 11.5 Å². The lowest BCUT2D eigenvalue weighted by Gasteiger charge is -2.18. The first-order chi connectivity index (χ1) is 12.5. The van der Waals surface area contributed by atoms with Gasteiger partial charge in [0.05, 0.1) is 10.6 Å². The number of nitrogens with one attached hydrogen (secondary N) is 1. The molecule has 8 heteroatoms. The monoisotopic (exact) mass is 355 g/mol. The molecule has 0 bridgehead atoms. The Kier molecular flexibility index (Phi) is 4.83. The Morgan fingerprint density at radius 1 is 1.12 bits per heavy atom. The third-order valence-electron chi connectivity index (χ3n) is 3.95. The van der Waals surface area contributed by atoms with Crippen molar-refractivity contribution in [2.75, 3.05) is 13.2 Å². The van der Waals surface area contributed by atoms with Crippen molar-refractivity contribution in [1.82, 2.24) is 5.43 Å². The quantitative estimate of drug-likeness (QED) is 0.516. The molecule has 3 rings (SSSR count). The van der Waals surface area contributed by atoms with Crippen LogP contribution in [-0.4, -0.2) is 29.8 Å². The van der Waals surface area contributed by atoms with E-state index in [0.717, 1.165) is 5.56 Å². The van der Waals surface area contributed by atoms with Crippen molar-refractivity contribution in [2.24, 2.45) is 5.10 Å². The standard InChI is InChI=1S/C18H17N3O5/c1-11-3-4-14(9-15(11)21(23)24)18(22)20-19-12(2)13-5-6-16-17(10-13)26-8-7-25-16/h3-6,9-10H,7-8H2,1-2H3,(H,20,22)/b19-12-. The number of ether oxygens (including phenoxy) is 2. The van der Waals surface area contributed by atoms with Gasteiger partial charge in [0.2, 0.25) is 0 Å². The van der Waals surface area contributed by atoms with Crippen LogP contribution < -0.4 is 14.9 Å². The number of carbonyl (C=O) groups is 1. The molecule has 0 fully saturated rings. The number of nitrogens with zero attached hydrogens (tertiary/aromatic N) is 2. The molecule has 1 heterocycles. The van der Waals surface area contributed by atoms with Crippen LogP contribution >= 0.6 is 0 Å². The molecule has 0 saturated heterocycles. The highest BCUT2D eigenvalue weighted by Gasteiger charge is 2.15. The molecule has 0 spiro atoms. The van der Waals surface area contributed by atoms with Gasteiger partial charge >= 0.3 is 0 Å². The molecule has 1 aliphatic heterocycles. The van der Waals surface area contributed by atoms with Crippen molar-refractivity contribution in [3.05, 3.63) is 63.2 Å². The first-order valence-electron chi connectivity index (χ1n) is 7.95. The summed E-state index contributed by atoms with van der Waals surface area (Å²) in [7, 11) is 0. The van der Waals surface area contributed by atoms with Crippen LogP contribution in [0.5, 0.6) is 11.5 Å². The number of hydrazone groups is 1. The molecule has 1 aliphatic rings. The fourth-order valence-electron chi connectivity index (χ4n) is 2.48. The normalized spacial score (nSPS) is 13.2. The summed E-state index contributed by atoms with van der Waals surface area (Å²) in [6, 6.07) is 9.68. The van der Waals surface area contributed by atoms with Gasteiger partial charge in [-0.1, -0.05) is 6.07 Å². The lowest BCUT2D eigenvalue weighted by atomic mass is 10.1. The van der Waals surface area contributed by atoms with E-state index in [1.54, 1.807) is 26.0 Å². The number of rotatable bonds is 4. The summed E-state index contributed by atoms with van der Waals surface area (Å²) in [6.07, 6.45) is 0. The van der Waals surface area contributed by atoms with Crippen LogP contribution in [0.4, 0.5) is 5.69 Å². The first kappa shape index (κ1) is 17.4. The first-order valence-corrected chi connectivity index (χ1v) is 7.95. The van der Waals surface area contributed by atoms with Crippen LogP contribution in [0, 0.1) is 17.0 Å². The molecule has 0 radical (unpaired) electrons. The van der Waals surface area contributed by atoms with Gasteiger partial charge in [-0.2, -0.15) is 5.10 Å². The fourth-order valence-corrected chi connectivity index (χ4v) is 2.48. The zero-order chi connectivity index (χ0) is 18.7. The van der Waals surface area contributed by atoms with Gasteiger partial charge in [-0.15, -0.1) is 0 Å². The lowest BCUT2D eigenvalue weighted by molar-refractivity contribution is -0.385. The van der Waals surface area contributed by atoms with Gasteiger partial charge in [-0.3, -0.25) is 14.9 Å². The van der Waals surface area contributed by atoms with E-state index in [4.69, 9.17) is 9.47 Å². The van der Waals surface area contributed by atoms with Crippen molar-refractivity contribution in [3.63, 3.8) is 0 Å². The number of hydrogen-bond donors (Lipinski definition) is 1. The minimum absolute atomic E-state index is 0.106. The summed E-state index contributed by atoms with van der Waals surface area (Å²) in [5, 5.41) is 15.1. The van der Waals surface area contributed by atoms with E-state index < -0.39 is 10.8 Å². The van der Waals surface area contributed by atoms with Crippen molar-refractivity contribution in [2.45, 2.75) is 13.8 Å². The molecule has 1 amide bonds. The average molecular weight is 355 g/mol. The second-order valence-corrected chi connectivity index (χ2v) is 5.75. The number of amides is 1. The SMILES string of the molecule is C/C(=N/NC(=O)c1ccc(C)c([N+](=O)[O-])c1)c1ccc2c(c1)OCCO2. The largest absolute Gasteiger partial charge is 0.486 e. The number of nitro benzene ring substituents is 1. The maximum Gasteiger partial charge on any atom is 0.273 e. The van der Waals surface area contributed by atoms with E-state index >= 15 is 0 Å². The number of nitro groups is 1. The second-order valence-electron chi connectivity index (χ2n) is 5.75. The average Bonchev–Trinajstić information content (AvgIpc) is 2.65. The van der Waals surface area contributed by atoms with Crippen LogP contribution in [-0.2, 0) is 0 Å². The third kappa shape index (κ3) is 3.64. The van der Waals surface area contributed by atoms with Crippen LogP contribution in [0.2, 0.25) is 0 Å². The van der Waals surface area contributed by atoms with Gasteiger partial charge in [0.15, 0.2) is 11.5 Å². The highest BCUT2D eigenvalue weighted by molar-refractivity contribution is 6.01. The maximum atomic E-state index is 12.2. The molecule has 2 aromatic carbocycles. The second kappa shape index (κ2) is 7.22. The van der Waals surface area contributed by atoms with Gasteiger partial charge in [-0.25, -0.2) is 5.43 Å².